The summed E-state index contributed by atoms with van der Waals surface area (Å²) in [4.78, 5) is 2.40. The van der Waals surface area contributed by atoms with Gasteiger partial charge in [-0.2, -0.15) is 0 Å². The van der Waals surface area contributed by atoms with Crippen LogP contribution in [0.15, 0.2) is 193 Å². The summed E-state index contributed by atoms with van der Waals surface area (Å²) in [6.45, 7) is 4.66. The highest BCUT2D eigenvalue weighted by molar-refractivity contribution is 6.11. The number of hydrogen-bond donors (Lipinski definition) is 3. The summed E-state index contributed by atoms with van der Waals surface area (Å²) < 4.78 is 2.26. The van der Waals surface area contributed by atoms with Gasteiger partial charge in [0.25, 0.3) is 0 Å². The average molecular weight is 728 g/mol. The molecule has 0 spiro atoms. The van der Waals surface area contributed by atoms with Crippen LogP contribution in [0.4, 0.5) is 17.1 Å². The van der Waals surface area contributed by atoms with Crippen LogP contribution in [0.3, 0.4) is 0 Å². The number of fused-ring (bicyclic) bond motifs is 5. The van der Waals surface area contributed by atoms with Crippen molar-refractivity contribution in [1.82, 2.24) is 4.57 Å². The first-order chi connectivity index (χ1) is 27.3. The Bertz CT molecular complexity index is 2820. The normalized spacial score (nSPS) is 17.2. The molecule has 1 aliphatic carbocycles. The van der Waals surface area contributed by atoms with E-state index in [1.165, 1.54) is 22.5 Å². The molecule has 56 heavy (non-hydrogen) atoms. The van der Waals surface area contributed by atoms with Crippen LogP contribution in [-0.2, 0) is 5.41 Å². The summed E-state index contributed by atoms with van der Waals surface area (Å²) in [5.74, 6) is 0.498. The number of rotatable bonds is 6. The van der Waals surface area contributed by atoms with Crippen LogP contribution in [-0.4, -0.2) is 20.8 Å². The fraction of sp³-hybridized carbons (Fsp3) is 0.0980. The summed E-state index contributed by atoms with van der Waals surface area (Å²) in [5.41, 5.74) is 13.4. The highest BCUT2D eigenvalue weighted by Crippen LogP contribution is 2.53. The van der Waals surface area contributed by atoms with Crippen LogP contribution in [0.2, 0.25) is 0 Å². The van der Waals surface area contributed by atoms with Crippen molar-refractivity contribution in [2.75, 3.05) is 10.2 Å². The van der Waals surface area contributed by atoms with Gasteiger partial charge in [-0.25, -0.2) is 0 Å². The largest absolute Gasteiger partial charge is 0.508 e. The number of benzene rings is 7. The minimum Gasteiger partial charge on any atom is -0.508 e. The Morgan fingerprint density at radius 2 is 1.16 bits per heavy atom. The monoisotopic (exact) mass is 727 g/mol. The highest BCUT2D eigenvalue weighted by Gasteiger charge is 2.42. The maximum absolute atomic E-state index is 10.5. The van der Waals surface area contributed by atoms with Gasteiger partial charge in [0.05, 0.1) is 22.8 Å². The summed E-state index contributed by atoms with van der Waals surface area (Å²) in [7, 11) is 0. The number of aromatic nitrogens is 1. The van der Waals surface area contributed by atoms with Crippen molar-refractivity contribution in [3.05, 3.63) is 204 Å². The number of phenols is 2. The molecule has 0 saturated heterocycles. The van der Waals surface area contributed by atoms with E-state index < -0.39 is 0 Å². The van der Waals surface area contributed by atoms with Crippen molar-refractivity contribution in [1.29, 1.82) is 0 Å². The van der Waals surface area contributed by atoms with Crippen LogP contribution in [0.1, 0.15) is 30.9 Å². The number of anilines is 3. The molecule has 2 atom stereocenters. The number of hydrogen-bond acceptors (Lipinski definition) is 4. The molecule has 272 valence electrons. The standard InChI is InChI=1S/C51H41N3O2/c1-51(2)44-15-9-10-16-49(44)54(38-13-7-4-8-14-38)50-31-41(34-19-24-39(55)25-20-34)46(32-45(50)51)52-36-22-17-33(18-23-36)35-21-27-47-42(29-35)43-30-40(56)26-28-48(43)53(47)37-11-5-3-6-12-37/h3-32,41,46,52,55-56H,1-2H3. The Labute approximate surface area is 326 Å². The van der Waals surface area contributed by atoms with Crippen LogP contribution in [0, 0.1) is 0 Å². The van der Waals surface area contributed by atoms with Gasteiger partial charge in [-0.15, -0.1) is 0 Å². The number of nitrogens with zero attached hydrogens (tertiary/aromatic N) is 2. The average Bonchev–Trinajstić information content (AvgIpc) is 3.55. The van der Waals surface area contributed by atoms with Crippen molar-refractivity contribution in [3.8, 4) is 28.3 Å². The quantitative estimate of drug-likeness (QED) is 0.160. The molecule has 0 fully saturated rings. The first-order valence-corrected chi connectivity index (χ1v) is 19.2. The van der Waals surface area contributed by atoms with Gasteiger partial charge in [0.15, 0.2) is 0 Å². The Kier molecular flexibility index (Phi) is 7.86. The van der Waals surface area contributed by atoms with Gasteiger partial charge in [-0.1, -0.05) is 111 Å². The van der Waals surface area contributed by atoms with E-state index in [0.29, 0.717) is 0 Å². The summed E-state index contributed by atoms with van der Waals surface area (Å²) in [6, 6.07) is 58.2. The lowest BCUT2D eigenvalue weighted by Gasteiger charge is -2.47. The van der Waals surface area contributed by atoms with Gasteiger partial charge < -0.3 is 25.0 Å². The van der Waals surface area contributed by atoms with E-state index >= 15 is 0 Å². The molecule has 3 N–H and O–H groups in total. The summed E-state index contributed by atoms with van der Waals surface area (Å²) in [5, 5.41) is 26.8. The summed E-state index contributed by atoms with van der Waals surface area (Å²) >= 11 is 0. The zero-order valence-corrected chi connectivity index (χ0v) is 31.3. The second-order valence-corrected chi connectivity index (χ2v) is 15.4. The van der Waals surface area contributed by atoms with E-state index in [2.05, 4.69) is 162 Å². The van der Waals surface area contributed by atoms with Gasteiger partial charge in [0.1, 0.15) is 11.5 Å². The number of phenolic OH excluding ortho intramolecular Hbond substituents is 2. The fourth-order valence-electron chi connectivity index (χ4n) is 8.91. The summed E-state index contributed by atoms with van der Waals surface area (Å²) in [6.07, 6.45) is 4.84. The van der Waals surface area contributed by atoms with Crippen LogP contribution in [0.5, 0.6) is 11.5 Å². The van der Waals surface area contributed by atoms with E-state index in [1.807, 2.05) is 30.3 Å². The molecular weight excluding hydrogens is 687 g/mol. The molecule has 7 aromatic carbocycles. The molecule has 0 saturated carbocycles. The minimum absolute atomic E-state index is 0.0120. The van der Waals surface area contributed by atoms with Crippen LogP contribution in [0.25, 0.3) is 38.6 Å². The zero-order valence-electron chi connectivity index (χ0n) is 31.3. The number of nitrogens with one attached hydrogen (secondary N) is 1. The Hall–Kier alpha value is -6.98. The van der Waals surface area contributed by atoms with E-state index in [1.54, 1.807) is 18.2 Å². The molecule has 0 amide bonds. The minimum atomic E-state index is -0.240. The molecule has 1 aliphatic heterocycles. The third-order valence-electron chi connectivity index (χ3n) is 11.7. The van der Waals surface area contributed by atoms with Crippen molar-refractivity contribution in [2.45, 2.75) is 31.2 Å². The molecule has 2 unspecified atom stereocenters. The smallest absolute Gasteiger partial charge is 0.116 e. The van der Waals surface area contributed by atoms with Crippen molar-refractivity contribution >= 4 is 38.9 Å². The van der Waals surface area contributed by atoms with Crippen LogP contribution >= 0.6 is 0 Å². The molecule has 5 heteroatoms. The van der Waals surface area contributed by atoms with Crippen molar-refractivity contribution < 1.29 is 10.2 Å². The lowest BCUT2D eigenvalue weighted by Crippen LogP contribution is -2.40. The maximum atomic E-state index is 10.5. The predicted octanol–water partition coefficient (Wildman–Crippen LogP) is 12.4. The fourth-order valence-corrected chi connectivity index (χ4v) is 8.91. The van der Waals surface area contributed by atoms with Gasteiger partial charge in [0, 0.05) is 44.9 Å². The van der Waals surface area contributed by atoms with Gasteiger partial charge in [-0.3, -0.25) is 0 Å². The second-order valence-electron chi connectivity index (χ2n) is 15.4. The zero-order chi connectivity index (χ0) is 38.0. The van der Waals surface area contributed by atoms with Crippen LogP contribution < -0.4 is 10.2 Å². The molecule has 5 nitrogen and oxygen atoms in total. The van der Waals surface area contributed by atoms with E-state index in [9.17, 15) is 10.2 Å². The van der Waals surface area contributed by atoms with Gasteiger partial charge >= 0.3 is 0 Å². The first-order valence-electron chi connectivity index (χ1n) is 19.2. The van der Waals surface area contributed by atoms with E-state index in [-0.39, 0.29) is 28.9 Å². The molecule has 2 aliphatic rings. The Morgan fingerprint density at radius 1 is 0.554 bits per heavy atom. The van der Waals surface area contributed by atoms with Gasteiger partial charge in [0.2, 0.25) is 0 Å². The lowest BCUT2D eigenvalue weighted by atomic mass is 9.68. The Balaban J connectivity index is 1.03. The SMILES string of the molecule is CC1(C)C2=CC(Nc3ccc(-c4ccc5c(c4)c4cc(O)ccc4n5-c4ccccc4)cc3)C(c3ccc(O)cc3)C=C2N(c2ccccc2)c2ccccc21. The third kappa shape index (κ3) is 5.54. The number of para-hydroxylation sites is 3. The number of aromatic hydroxyl groups is 2. The molecule has 0 radical (unpaired) electrons. The maximum Gasteiger partial charge on any atom is 0.116 e. The highest BCUT2D eigenvalue weighted by atomic mass is 16.3. The number of allylic oxidation sites excluding steroid dienone is 1. The molecule has 8 aromatic rings. The third-order valence-corrected chi connectivity index (χ3v) is 11.7. The van der Waals surface area contributed by atoms with E-state index in [0.717, 1.165) is 55.6 Å². The first kappa shape index (κ1) is 33.6. The Morgan fingerprint density at radius 3 is 1.89 bits per heavy atom. The predicted molar refractivity (Wildman–Crippen MR) is 230 cm³/mol. The molecule has 2 heterocycles. The molecule has 1 aromatic heterocycles. The second kappa shape index (κ2) is 13.1. The van der Waals surface area contributed by atoms with Crippen molar-refractivity contribution in [2.24, 2.45) is 0 Å². The van der Waals surface area contributed by atoms with Gasteiger partial charge in [-0.05, 0) is 113 Å². The topological polar surface area (TPSA) is 60.7 Å². The van der Waals surface area contributed by atoms with E-state index in [4.69, 9.17) is 0 Å². The molecule has 0 bridgehead atoms. The van der Waals surface area contributed by atoms with Crippen molar-refractivity contribution in [3.63, 3.8) is 0 Å². The molecule has 10 rings (SSSR count). The lowest BCUT2D eigenvalue weighted by molar-refractivity contribution is 0.474. The molecular formula is C51H41N3O2.